The van der Waals surface area contributed by atoms with Crippen LogP contribution in [0.3, 0.4) is 0 Å². The summed E-state index contributed by atoms with van der Waals surface area (Å²) in [4.78, 5) is 2.52. The van der Waals surface area contributed by atoms with Crippen molar-refractivity contribution in [1.82, 2.24) is 0 Å². The van der Waals surface area contributed by atoms with Crippen LogP contribution in [0.15, 0.2) is 224 Å². The van der Waals surface area contributed by atoms with E-state index < -0.39 is 0 Å². The van der Waals surface area contributed by atoms with Crippen molar-refractivity contribution in [2.75, 3.05) is 4.90 Å². The standard InChI is InChI=1S/C57H43N/c1-57(2)51-31-15-14-29-50(51)56-52(57)32-18-34-54(56)58(46-37-35-41(36-38-46)45-26-16-25-44(39-45)40-19-6-3-7-20-40)53-33-17-30-48(43-23-10-5-11-24-43)55(53)49-28-13-12-27-47(49)42-21-8-4-9-22-42/h3-39H,1-2H3. The zero-order valence-electron chi connectivity index (χ0n) is 32.8. The second kappa shape index (κ2) is 14.7. The third-order valence-electron chi connectivity index (χ3n) is 11.9. The van der Waals surface area contributed by atoms with E-state index in [2.05, 4.69) is 243 Å². The fourth-order valence-corrected chi connectivity index (χ4v) is 9.08. The van der Waals surface area contributed by atoms with Gasteiger partial charge in [0.25, 0.3) is 0 Å². The van der Waals surface area contributed by atoms with Gasteiger partial charge in [0.05, 0.1) is 11.4 Å². The van der Waals surface area contributed by atoms with E-state index in [1.165, 1.54) is 77.9 Å². The molecular formula is C57H43N. The topological polar surface area (TPSA) is 3.24 Å². The third kappa shape index (κ3) is 6.13. The molecule has 0 radical (unpaired) electrons. The van der Waals surface area contributed by atoms with Crippen LogP contribution in [0.4, 0.5) is 17.1 Å². The fraction of sp³-hybridized carbons (Fsp3) is 0.0526. The summed E-state index contributed by atoms with van der Waals surface area (Å²) < 4.78 is 0. The fourth-order valence-electron chi connectivity index (χ4n) is 9.08. The molecule has 0 heterocycles. The molecule has 0 bridgehead atoms. The van der Waals surface area contributed by atoms with Crippen molar-refractivity contribution in [3.05, 3.63) is 236 Å². The minimum absolute atomic E-state index is 0.143. The maximum absolute atomic E-state index is 2.52. The molecule has 0 unspecified atom stereocenters. The van der Waals surface area contributed by atoms with Crippen molar-refractivity contribution < 1.29 is 0 Å². The average molecular weight is 742 g/mol. The summed E-state index contributed by atoms with van der Waals surface area (Å²) in [5.41, 5.74) is 20.5. The van der Waals surface area contributed by atoms with E-state index >= 15 is 0 Å². The maximum atomic E-state index is 2.52. The summed E-state index contributed by atoms with van der Waals surface area (Å²) in [7, 11) is 0. The van der Waals surface area contributed by atoms with Crippen LogP contribution in [-0.2, 0) is 5.41 Å². The Hall–Kier alpha value is -7.22. The molecule has 9 aromatic carbocycles. The van der Waals surface area contributed by atoms with Crippen LogP contribution in [0.5, 0.6) is 0 Å². The van der Waals surface area contributed by atoms with Crippen molar-refractivity contribution in [3.63, 3.8) is 0 Å². The van der Waals surface area contributed by atoms with Gasteiger partial charge >= 0.3 is 0 Å². The highest BCUT2D eigenvalue weighted by molar-refractivity contribution is 6.03. The van der Waals surface area contributed by atoms with E-state index in [1.807, 2.05) is 0 Å². The number of nitrogens with zero attached hydrogens (tertiary/aromatic N) is 1. The molecular weight excluding hydrogens is 699 g/mol. The Bertz CT molecular complexity index is 2890. The van der Waals surface area contributed by atoms with Gasteiger partial charge in [0, 0.05) is 22.2 Å². The van der Waals surface area contributed by atoms with Crippen LogP contribution in [0, 0.1) is 0 Å². The molecule has 0 N–H and O–H groups in total. The van der Waals surface area contributed by atoms with E-state index in [9.17, 15) is 0 Å². The first kappa shape index (κ1) is 35.2. The Kier molecular flexibility index (Phi) is 8.92. The zero-order chi connectivity index (χ0) is 39.1. The van der Waals surface area contributed by atoms with Gasteiger partial charge in [0.1, 0.15) is 0 Å². The highest BCUT2D eigenvalue weighted by Gasteiger charge is 2.38. The van der Waals surface area contributed by atoms with Crippen molar-refractivity contribution in [1.29, 1.82) is 0 Å². The van der Waals surface area contributed by atoms with Crippen molar-refractivity contribution in [2.24, 2.45) is 0 Å². The lowest BCUT2D eigenvalue weighted by Crippen LogP contribution is -2.16. The van der Waals surface area contributed by atoms with Crippen LogP contribution < -0.4 is 4.90 Å². The number of hydrogen-bond donors (Lipinski definition) is 0. The van der Waals surface area contributed by atoms with Crippen LogP contribution in [0.2, 0.25) is 0 Å². The average Bonchev–Trinajstić information content (AvgIpc) is 3.54. The summed E-state index contributed by atoms with van der Waals surface area (Å²) in [5, 5.41) is 0. The number of hydrogen-bond acceptors (Lipinski definition) is 1. The molecule has 9 aromatic rings. The lowest BCUT2D eigenvalue weighted by molar-refractivity contribution is 0.660. The Morgan fingerprint density at radius 1 is 0.293 bits per heavy atom. The summed E-state index contributed by atoms with van der Waals surface area (Å²) in [6.45, 7) is 4.73. The van der Waals surface area contributed by atoms with Crippen LogP contribution in [-0.4, -0.2) is 0 Å². The van der Waals surface area contributed by atoms with Crippen LogP contribution in [0.25, 0.3) is 66.8 Å². The zero-order valence-corrected chi connectivity index (χ0v) is 32.8. The minimum Gasteiger partial charge on any atom is -0.309 e. The smallest absolute Gasteiger partial charge is 0.0546 e. The molecule has 58 heavy (non-hydrogen) atoms. The largest absolute Gasteiger partial charge is 0.309 e. The first-order valence-electron chi connectivity index (χ1n) is 20.2. The molecule has 0 atom stereocenters. The van der Waals surface area contributed by atoms with Gasteiger partial charge in [-0.05, 0) is 97.1 Å². The number of fused-ring (bicyclic) bond motifs is 3. The molecule has 1 nitrogen and oxygen atoms in total. The van der Waals surface area contributed by atoms with Crippen LogP contribution >= 0.6 is 0 Å². The summed E-state index contributed by atoms with van der Waals surface area (Å²) in [6.07, 6.45) is 0. The molecule has 0 saturated heterocycles. The number of anilines is 3. The molecule has 0 fully saturated rings. The van der Waals surface area contributed by atoms with E-state index in [4.69, 9.17) is 0 Å². The molecule has 1 heteroatoms. The van der Waals surface area contributed by atoms with Gasteiger partial charge in [0.2, 0.25) is 0 Å². The molecule has 10 rings (SSSR count). The van der Waals surface area contributed by atoms with Gasteiger partial charge in [-0.3, -0.25) is 0 Å². The van der Waals surface area contributed by atoms with Crippen molar-refractivity contribution in [3.8, 4) is 66.8 Å². The van der Waals surface area contributed by atoms with E-state index in [0.29, 0.717) is 0 Å². The Morgan fingerprint density at radius 2 is 0.724 bits per heavy atom. The molecule has 276 valence electrons. The monoisotopic (exact) mass is 741 g/mol. The SMILES string of the molecule is CC1(C)c2ccccc2-c2c(N(c3ccc(-c4cccc(-c5ccccc5)c4)cc3)c3cccc(-c4ccccc4)c3-c3ccccc3-c3ccccc3)cccc21. The lowest BCUT2D eigenvalue weighted by Gasteiger charge is -2.32. The second-order valence-corrected chi connectivity index (χ2v) is 15.7. The molecule has 0 spiro atoms. The van der Waals surface area contributed by atoms with E-state index in [1.54, 1.807) is 0 Å². The van der Waals surface area contributed by atoms with Gasteiger partial charge in [-0.15, -0.1) is 0 Å². The predicted molar refractivity (Wildman–Crippen MR) is 246 cm³/mol. The highest BCUT2D eigenvalue weighted by atomic mass is 15.1. The normalized spacial score (nSPS) is 12.4. The van der Waals surface area contributed by atoms with E-state index in [0.717, 1.165) is 17.1 Å². The number of rotatable bonds is 8. The lowest BCUT2D eigenvalue weighted by atomic mass is 9.82. The predicted octanol–water partition coefficient (Wildman–Crippen LogP) is 15.8. The van der Waals surface area contributed by atoms with Gasteiger partial charge in [-0.25, -0.2) is 0 Å². The van der Waals surface area contributed by atoms with Gasteiger partial charge in [0.15, 0.2) is 0 Å². The molecule has 1 aliphatic rings. The van der Waals surface area contributed by atoms with Gasteiger partial charge < -0.3 is 4.90 Å². The van der Waals surface area contributed by atoms with Crippen LogP contribution in [0.1, 0.15) is 25.0 Å². The second-order valence-electron chi connectivity index (χ2n) is 15.7. The maximum Gasteiger partial charge on any atom is 0.0546 e. The summed E-state index contributed by atoms with van der Waals surface area (Å²) >= 11 is 0. The summed E-state index contributed by atoms with van der Waals surface area (Å²) in [5.74, 6) is 0. The number of benzene rings is 9. The third-order valence-corrected chi connectivity index (χ3v) is 11.9. The van der Waals surface area contributed by atoms with Gasteiger partial charge in [-0.2, -0.15) is 0 Å². The molecule has 0 amide bonds. The Balaban J connectivity index is 1.23. The first-order valence-corrected chi connectivity index (χ1v) is 20.2. The summed E-state index contributed by atoms with van der Waals surface area (Å²) in [6, 6.07) is 81.9. The molecule has 0 aliphatic heterocycles. The van der Waals surface area contributed by atoms with E-state index in [-0.39, 0.29) is 5.41 Å². The molecule has 0 saturated carbocycles. The van der Waals surface area contributed by atoms with Gasteiger partial charge in [-0.1, -0.05) is 208 Å². The first-order chi connectivity index (χ1) is 28.6. The quantitative estimate of drug-likeness (QED) is 0.150. The molecule has 1 aliphatic carbocycles. The van der Waals surface area contributed by atoms with Crippen molar-refractivity contribution in [2.45, 2.75) is 19.3 Å². The van der Waals surface area contributed by atoms with Crippen molar-refractivity contribution >= 4 is 17.1 Å². The molecule has 0 aromatic heterocycles. The Morgan fingerprint density at radius 3 is 1.38 bits per heavy atom. The highest BCUT2D eigenvalue weighted by Crippen LogP contribution is 2.56. The minimum atomic E-state index is -0.143. The Labute approximate surface area is 342 Å².